The van der Waals surface area contributed by atoms with Gasteiger partial charge in [0.1, 0.15) is 0 Å². The van der Waals surface area contributed by atoms with Gasteiger partial charge in [-0.25, -0.2) is 0 Å². The van der Waals surface area contributed by atoms with Gasteiger partial charge in [-0.3, -0.25) is 9.78 Å². The van der Waals surface area contributed by atoms with E-state index in [0.717, 1.165) is 27.6 Å². The van der Waals surface area contributed by atoms with Crippen molar-refractivity contribution in [3.05, 3.63) is 66.4 Å². The maximum atomic E-state index is 11.8. The van der Waals surface area contributed by atoms with E-state index >= 15 is 0 Å². The number of fused-ring (bicyclic) bond motifs is 1. The highest BCUT2D eigenvalue weighted by molar-refractivity contribution is 5.97. The van der Waals surface area contributed by atoms with E-state index in [1.807, 2.05) is 49.4 Å². The molecule has 22 heavy (non-hydrogen) atoms. The number of benzene rings is 2. The topological polar surface area (TPSA) is 39.2 Å². The number of esters is 1. The van der Waals surface area contributed by atoms with E-state index in [-0.39, 0.29) is 12.4 Å². The lowest BCUT2D eigenvalue weighted by molar-refractivity contribution is -0.142. The van der Waals surface area contributed by atoms with Crippen molar-refractivity contribution in [2.45, 2.75) is 13.3 Å². The standard InChI is InChI=1S/C19H17NO2/c1-2-22-18(21)13-15-9-6-10-17-16(11-12-20-19(15)17)14-7-4-3-5-8-14/h3-12H,2,13H2,1H3. The van der Waals surface area contributed by atoms with Crippen molar-refractivity contribution in [1.29, 1.82) is 0 Å². The van der Waals surface area contributed by atoms with Crippen molar-refractivity contribution in [1.82, 2.24) is 4.98 Å². The molecule has 0 saturated carbocycles. The van der Waals surface area contributed by atoms with Crippen LogP contribution in [0.2, 0.25) is 0 Å². The SMILES string of the molecule is CCOC(=O)Cc1cccc2c(-c3ccccc3)ccnc12. The molecule has 0 unspecified atom stereocenters. The van der Waals surface area contributed by atoms with Crippen molar-refractivity contribution < 1.29 is 9.53 Å². The zero-order valence-electron chi connectivity index (χ0n) is 12.5. The Morgan fingerprint density at radius 1 is 1.05 bits per heavy atom. The highest BCUT2D eigenvalue weighted by Crippen LogP contribution is 2.29. The first-order valence-corrected chi connectivity index (χ1v) is 7.37. The van der Waals surface area contributed by atoms with Crippen molar-refractivity contribution in [3.8, 4) is 11.1 Å². The summed E-state index contributed by atoms with van der Waals surface area (Å²) in [6.07, 6.45) is 2.04. The van der Waals surface area contributed by atoms with Crippen LogP contribution in [-0.2, 0) is 16.0 Å². The molecule has 0 bridgehead atoms. The second kappa shape index (κ2) is 6.39. The molecule has 1 aromatic heterocycles. The van der Waals surface area contributed by atoms with E-state index in [1.165, 1.54) is 0 Å². The molecule has 3 nitrogen and oxygen atoms in total. The Hall–Kier alpha value is -2.68. The van der Waals surface area contributed by atoms with Gasteiger partial charge in [0.25, 0.3) is 0 Å². The first-order valence-electron chi connectivity index (χ1n) is 7.37. The number of hydrogen-bond acceptors (Lipinski definition) is 3. The molecule has 0 aliphatic heterocycles. The van der Waals surface area contributed by atoms with Gasteiger partial charge in [-0.2, -0.15) is 0 Å². The van der Waals surface area contributed by atoms with Crippen LogP contribution < -0.4 is 0 Å². The minimum Gasteiger partial charge on any atom is -0.466 e. The fourth-order valence-corrected chi connectivity index (χ4v) is 2.62. The number of pyridine rings is 1. The number of nitrogens with zero attached hydrogens (tertiary/aromatic N) is 1. The first kappa shape index (κ1) is 14.3. The molecular formula is C19H17NO2. The number of hydrogen-bond donors (Lipinski definition) is 0. The Morgan fingerprint density at radius 2 is 1.86 bits per heavy atom. The van der Waals surface area contributed by atoms with Crippen LogP contribution in [0.3, 0.4) is 0 Å². The van der Waals surface area contributed by atoms with Crippen LogP contribution in [0, 0.1) is 0 Å². The molecule has 0 N–H and O–H groups in total. The molecular weight excluding hydrogens is 274 g/mol. The molecule has 3 heteroatoms. The van der Waals surface area contributed by atoms with Crippen LogP contribution in [0.25, 0.3) is 22.0 Å². The minimum absolute atomic E-state index is 0.220. The summed E-state index contributed by atoms with van der Waals surface area (Å²) in [5.41, 5.74) is 4.02. The second-order valence-corrected chi connectivity index (χ2v) is 5.02. The van der Waals surface area contributed by atoms with Crippen LogP contribution >= 0.6 is 0 Å². The lowest BCUT2D eigenvalue weighted by atomic mass is 9.98. The van der Waals surface area contributed by atoms with Crippen LogP contribution in [-0.4, -0.2) is 17.6 Å². The predicted molar refractivity (Wildman–Crippen MR) is 87.5 cm³/mol. The summed E-state index contributed by atoms with van der Waals surface area (Å²) in [5, 5.41) is 1.05. The number of carbonyl (C=O) groups is 1. The van der Waals surface area contributed by atoms with E-state index in [0.29, 0.717) is 6.61 Å². The van der Waals surface area contributed by atoms with Gasteiger partial charge in [-0.15, -0.1) is 0 Å². The fraction of sp³-hybridized carbons (Fsp3) is 0.158. The molecule has 1 heterocycles. The molecule has 0 atom stereocenters. The molecule has 110 valence electrons. The maximum Gasteiger partial charge on any atom is 0.310 e. The van der Waals surface area contributed by atoms with E-state index < -0.39 is 0 Å². The number of ether oxygens (including phenoxy) is 1. The summed E-state index contributed by atoms with van der Waals surface area (Å²) >= 11 is 0. The smallest absolute Gasteiger partial charge is 0.310 e. The summed E-state index contributed by atoms with van der Waals surface area (Å²) < 4.78 is 5.04. The third-order valence-corrected chi connectivity index (χ3v) is 3.58. The van der Waals surface area contributed by atoms with Crippen LogP contribution in [0.1, 0.15) is 12.5 Å². The molecule has 3 aromatic rings. The highest BCUT2D eigenvalue weighted by Gasteiger charge is 2.11. The Balaban J connectivity index is 2.09. The van der Waals surface area contributed by atoms with E-state index in [1.54, 1.807) is 6.20 Å². The van der Waals surface area contributed by atoms with E-state index in [4.69, 9.17) is 4.74 Å². The largest absolute Gasteiger partial charge is 0.466 e. The second-order valence-electron chi connectivity index (χ2n) is 5.02. The zero-order valence-corrected chi connectivity index (χ0v) is 12.5. The average Bonchev–Trinajstić information content (AvgIpc) is 2.56. The van der Waals surface area contributed by atoms with E-state index in [9.17, 15) is 4.79 Å². The normalized spacial score (nSPS) is 10.6. The molecule has 0 aliphatic carbocycles. The molecule has 3 rings (SSSR count). The minimum atomic E-state index is -0.220. The first-order chi connectivity index (χ1) is 10.8. The van der Waals surface area contributed by atoms with Crippen molar-refractivity contribution in [3.63, 3.8) is 0 Å². The van der Waals surface area contributed by atoms with Crippen molar-refractivity contribution in [2.24, 2.45) is 0 Å². The molecule has 0 amide bonds. The van der Waals surface area contributed by atoms with Crippen molar-refractivity contribution >= 4 is 16.9 Å². The van der Waals surface area contributed by atoms with Gasteiger partial charge in [0.05, 0.1) is 18.5 Å². The van der Waals surface area contributed by atoms with Gasteiger partial charge in [0.2, 0.25) is 0 Å². The summed E-state index contributed by atoms with van der Waals surface area (Å²) in [6, 6.07) is 18.1. The lowest BCUT2D eigenvalue weighted by Gasteiger charge is -2.09. The molecule has 0 saturated heterocycles. The number of para-hydroxylation sites is 1. The monoisotopic (exact) mass is 291 g/mol. The van der Waals surface area contributed by atoms with Gasteiger partial charge in [0, 0.05) is 11.6 Å². The Labute approximate surface area is 129 Å². The zero-order chi connectivity index (χ0) is 15.4. The number of aromatic nitrogens is 1. The van der Waals surface area contributed by atoms with E-state index in [2.05, 4.69) is 17.1 Å². The molecule has 0 radical (unpaired) electrons. The van der Waals surface area contributed by atoms with Crippen LogP contribution in [0.15, 0.2) is 60.8 Å². The summed E-state index contributed by atoms with van der Waals surface area (Å²) in [5.74, 6) is -0.220. The Kier molecular flexibility index (Phi) is 4.15. The van der Waals surface area contributed by atoms with Gasteiger partial charge in [-0.05, 0) is 29.7 Å². The third kappa shape index (κ3) is 2.84. The quantitative estimate of drug-likeness (QED) is 0.682. The van der Waals surface area contributed by atoms with Gasteiger partial charge in [0.15, 0.2) is 0 Å². The molecule has 0 spiro atoms. The predicted octanol–water partition coefficient (Wildman–Crippen LogP) is 4.01. The molecule has 0 fully saturated rings. The van der Waals surface area contributed by atoms with Gasteiger partial charge in [-0.1, -0.05) is 48.5 Å². The number of carbonyl (C=O) groups excluding carboxylic acids is 1. The van der Waals surface area contributed by atoms with Crippen LogP contribution in [0.4, 0.5) is 0 Å². The third-order valence-electron chi connectivity index (χ3n) is 3.58. The number of rotatable bonds is 4. The lowest BCUT2D eigenvalue weighted by Crippen LogP contribution is -2.08. The summed E-state index contributed by atoms with van der Waals surface area (Å²) in [6.45, 7) is 2.21. The fourth-order valence-electron chi connectivity index (χ4n) is 2.62. The molecule has 0 aliphatic rings. The van der Waals surface area contributed by atoms with Crippen molar-refractivity contribution in [2.75, 3.05) is 6.61 Å². The average molecular weight is 291 g/mol. The Bertz CT molecular complexity index is 797. The highest BCUT2D eigenvalue weighted by atomic mass is 16.5. The maximum absolute atomic E-state index is 11.8. The molecule has 2 aromatic carbocycles. The summed E-state index contributed by atoms with van der Waals surface area (Å²) in [7, 11) is 0. The van der Waals surface area contributed by atoms with Crippen LogP contribution in [0.5, 0.6) is 0 Å². The van der Waals surface area contributed by atoms with Gasteiger partial charge < -0.3 is 4.74 Å². The van der Waals surface area contributed by atoms with Gasteiger partial charge >= 0.3 is 5.97 Å². The summed E-state index contributed by atoms with van der Waals surface area (Å²) in [4.78, 5) is 16.2. The Morgan fingerprint density at radius 3 is 2.64 bits per heavy atom.